The third kappa shape index (κ3) is 5.92. The van der Waals surface area contributed by atoms with Gasteiger partial charge in [-0.2, -0.15) is 0 Å². The van der Waals surface area contributed by atoms with Gasteiger partial charge >= 0.3 is 0 Å². The van der Waals surface area contributed by atoms with Crippen LogP contribution >= 0.6 is 0 Å². The predicted molar refractivity (Wildman–Crippen MR) is 216 cm³/mol. The number of allylic oxidation sites excluding steroid dienone is 10. The first-order valence-electron chi connectivity index (χ1n) is 18.1. The van der Waals surface area contributed by atoms with Crippen molar-refractivity contribution in [3.63, 3.8) is 0 Å². The fourth-order valence-corrected chi connectivity index (χ4v) is 7.45. The second-order valence-electron chi connectivity index (χ2n) is 13.4. The smallest absolute Gasteiger partial charge is 0.164 e. The van der Waals surface area contributed by atoms with E-state index in [1.165, 1.54) is 27.1 Å². The molecule has 0 radical (unpaired) electrons. The van der Waals surface area contributed by atoms with Gasteiger partial charge in [-0.3, -0.25) is 0 Å². The maximum Gasteiger partial charge on any atom is 0.164 e. The number of hydrogen-bond acceptors (Lipinski definition) is 4. The molecule has 2 aromatic heterocycles. The minimum Gasteiger partial charge on any atom is -0.460 e. The normalized spacial score (nSPS) is 14.4. The molecule has 2 aliphatic rings. The summed E-state index contributed by atoms with van der Waals surface area (Å²) < 4.78 is 6.79. The highest BCUT2D eigenvalue weighted by Gasteiger charge is 2.26. The van der Waals surface area contributed by atoms with Gasteiger partial charge in [0, 0.05) is 39.6 Å². The molecule has 0 bridgehead atoms. The largest absolute Gasteiger partial charge is 0.460 e. The molecule has 5 aromatic carbocycles. The highest BCUT2D eigenvalue weighted by Crippen LogP contribution is 2.42. The molecule has 0 unspecified atom stereocenters. The Bertz CT molecular complexity index is 2670. The van der Waals surface area contributed by atoms with Crippen molar-refractivity contribution in [2.75, 3.05) is 0 Å². The first-order chi connectivity index (χ1) is 25.7. The summed E-state index contributed by atoms with van der Waals surface area (Å²) in [5.41, 5.74) is 8.42. The topological polar surface area (TPSA) is 51.8 Å². The van der Waals surface area contributed by atoms with Crippen LogP contribution in [-0.4, -0.2) is 15.0 Å². The number of para-hydroxylation sites is 1. The van der Waals surface area contributed by atoms with Gasteiger partial charge in [0.2, 0.25) is 0 Å². The second-order valence-corrected chi connectivity index (χ2v) is 13.4. The molecular formula is C48H37N3O. The average Bonchev–Trinajstić information content (AvgIpc) is 3.60. The second kappa shape index (κ2) is 13.7. The van der Waals surface area contributed by atoms with Gasteiger partial charge in [-0.05, 0) is 64.4 Å². The zero-order chi connectivity index (χ0) is 34.9. The molecule has 0 fully saturated rings. The zero-order valence-corrected chi connectivity index (χ0v) is 28.9. The first-order valence-corrected chi connectivity index (χ1v) is 18.1. The van der Waals surface area contributed by atoms with Crippen LogP contribution in [0.2, 0.25) is 0 Å². The van der Waals surface area contributed by atoms with E-state index in [0.717, 1.165) is 82.2 Å². The molecule has 52 heavy (non-hydrogen) atoms. The van der Waals surface area contributed by atoms with Gasteiger partial charge in [0.1, 0.15) is 11.3 Å². The van der Waals surface area contributed by atoms with Crippen LogP contribution in [0.25, 0.3) is 66.2 Å². The monoisotopic (exact) mass is 671 g/mol. The molecule has 0 N–H and O–H groups in total. The molecule has 250 valence electrons. The molecule has 2 aliphatic carbocycles. The van der Waals surface area contributed by atoms with Crippen LogP contribution in [-0.2, 0) is 12.8 Å². The molecule has 0 atom stereocenters. The number of benzene rings is 5. The quantitative estimate of drug-likeness (QED) is 0.119. The van der Waals surface area contributed by atoms with Crippen molar-refractivity contribution in [3.8, 4) is 22.5 Å². The van der Waals surface area contributed by atoms with Crippen LogP contribution in [0.1, 0.15) is 47.8 Å². The molecule has 4 nitrogen and oxygen atoms in total. The van der Waals surface area contributed by atoms with E-state index in [-0.39, 0.29) is 0 Å². The van der Waals surface area contributed by atoms with Crippen LogP contribution < -0.4 is 0 Å². The lowest BCUT2D eigenvalue weighted by Gasteiger charge is -2.15. The third-order valence-corrected chi connectivity index (χ3v) is 10.0. The van der Waals surface area contributed by atoms with Crippen molar-refractivity contribution in [3.05, 3.63) is 187 Å². The van der Waals surface area contributed by atoms with Crippen LogP contribution in [0.3, 0.4) is 0 Å². The summed E-state index contributed by atoms with van der Waals surface area (Å²) in [6, 6.07) is 34.8. The lowest BCUT2D eigenvalue weighted by Crippen LogP contribution is -2.08. The maximum atomic E-state index is 6.79. The number of furan rings is 1. The van der Waals surface area contributed by atoms with Gasteiger partial charge in [-0.1, -0.05) is 152 Å². The fraction of sp³-hybridized carbons (Fsp3) is 0.104. The van der Waals surface area contributed by atoms with Crippen LogP contribution in [0.15, 0.2) is 163 Å². The summed E-state index contributed by atoms with van der Waals surface area (Å²) in [7, 11) is 0. The summed E-state index contributed by atoms with van der Waals surface area (Å²) >= 11 is 0. The van der Waals surface area contributed by atoms with E-state index in [4.69, 9.17) is 19.4 Å². The molecule has 0 spiro atoms. The number of nitrogens with zero attached hydrogens (tertiary/aromatic N) is 3. The van der Waals surface area contributed by atoms with E-state index in [2.05, 4.69) is 134 Å². The van der Waals surface area contributed by atoms with Crippen LogP contribution in [0, 0.1) is 0 Å². The fourth-order valence-electron chi connectivity index (χ4n) is 7.45. The highest BCUT2D eigenvalue weighted by atomic mass is 16.3. The van der Waals surface area contributed by atoms with Gasteiger partial charge < -0.3 is 4.42 Å². The van der Waals surface area contributed by atoms with Gasteiger partial charge in [0.25, 0.3) is 0 Å². The molecule has 7 aromatic rings. The van der Waals surface area contributed by atoms with Crippen molar-refractivity contribution in [2.24, 2.45) is 0 Å². The maximum absolute atomic E-state index is 6.79. The molecule has 2 heterocycles. The molecule has 0 saturated heterocycles. The van der Waals surface area contributed by atoms with Gasteiger partial charge in [-0.15, -0.1) is 0 Å². The molecule has 9 rings (SSSR count). The highest BCUT2D eigenvalue weighted by molar-refractivity contribution is 6.09. The third-order valence-electron chi connectivity index (χ3n) is 10.0. The molecule has 0 saturated carbocycles. The number of hydrogen-bond donors (Lipinski definition) is 0. The zero-order valence-electron chi connectivity index (χ0n) is 28.9. The molecule has 0 aliphatic heterocycles. The van der Waals surface area contributed by atoms with Crippen molar-refractivity contribution < 1.29 is 4.42 Å². The summed E-state index contributed by atoms with van der Waals surface area (Å²) in [5, 5.41) is 6.07. The first kappa shape index (κ1) is 31.6. The predicted octanol–water partition coefficient (Wildman–Crippen LogP) is 12.2. The van der Waals surface area contributed by atoms with E-state index in [0.29, 0.717) is 17.5 Å². The lowest BCUT2D eigenvalue weighted by molar-refractivity contribution is 0.546. The van der Waals surface area contributed by atoms with E-state index >= 15 is 0 Å². The molecule has 4 heteroatoms. The van der Waals surface area contributed by atoms with Gasteiger partial charge in [0.15, 0.2) is 17.5 Å². The Morgan fingerprint density at radius 1 is 0.654 bits per heavy atom. The Labute approximate surface area is 303 Å². The van der Waals surface area contributed by atoms with Crippen LogP contribution in [0.5, 0.6) is 0 Å². The Morgan fingerprint density at radius 2 is 1.46 bits per heavy atom. The summed E-state index contributed by atoms with van der Waals surface area (Å²) in [6.45, 7) is 3.73. The Hall–Kier alpha value is -6.39. The van der Waals surface area contributed by atoms with Crippen LogP contribution in [0.4, 0.5) is 0 Å². The SMILES string of the molecule is C=C/C=C\C=C/Cc1ccc(-c2nc(C3=CCCC=C3)nc(C3=CCCc4oc5c(-c6ccc7c(ccc8ccccc87)c6)cccc5c43)n2)cc1. The Morgan fingerprint density at radius 3 is 2.35 bits per heavy atom. The van der Waals surface area contributed by atoms with E-state index in [1.54, 1.807) is 6.08 Å². The standard InChI is InChI=1S/C48H37N3O/c1-2-3-4-5-7-14-32-23-25-35(26-24-32)47-49-46(34-16-8-6-9-17-34)50-48(51-47)42-21-13-22-43-44(42)41-20-12-19-40(45(41)52-43)37-29-30-39-36(31-37)28-27-33-15-10-11-18-38(33)39/h2-5,7-8,10-12,15-21,23-31H,1,6,9,13-14,22H2/b4-3-,7-5-. The van der Waals surface area contributed by atoms with Crippen molar-refractivity contribution in [2.45, 2.75) is 32.1 Å². The summed E-state index contributed by atoms with van der Waals surface area (Å²) in [4.78, 5) is 15.3. The Balaban J connectivity index is 1.12. The number of rotatable bonds is 8. The van der Waals surface area contributed by atoms with E-state index < -0.39 is 0 Å². The summed E-state index contributed by atoms with van der Waals surface area (Å²) in [5.74, 6) is 3.02. The van der Waals surface area contributed by atoms with Crippen molar-refractivity contribution in [1.29, 1.82) is 0 Å². The average molecular weight is 672 g/mol. The molecular weight excluding hydrogens is 635 g/mol. The van der Waals surface area contributed by atoms with Gasteiger partial charge in [0.05, 0.1) is 0 Å². The van der Waals surface area contributed by atoms with E-state index in [1.807, 2.05) is 18.2 Å². The minimum atomic E-state index is 0.668. The Kier molecular flexibility index (Phi) is 8.34. The van der Waals surface area contributed by atoms with Crippen molar-refractivity contribution >= 4 is 43.7 Å². The van der Waals surface area contributed by atoms with Crippen molar-refractivity contribution in [1.82, 2.24) is 15.0 Å². The van der Waals surface area contributed by atoms with Gasteiger partial charge in [-0.25, -0.2) is 15.0 Å². The number of fused-ring (bicyclic) bond motifs is 6. The number of aryl methyl sites for hydroxylation is 1. The lowest BCUT2D eigenvalue weighted by atomic mass is 9.92. The van der Waals surface area contributed by atoms with E-state index in [9.17, 15) is 0 Å². The molecule has 0 amide bonds. The number of aromatic nitrogens is 3. The minimum absolute atomic E-state index is 0.668. The summed E-state index contributed by atoms with van der Waals surface area (Å²) in [6.07, 6.45) is 23.2.